The number of halogens is 1. The lowest BCUT2D eigenvalue weighted by Crippen LogP contribution is -2.39. The Balaban J connectivity index is 0.00000544. The van der Waals surface area contributed by atoms with Gasteiger partial charge in [0.25, 0.3) is 0 Å². The van der Waals surface area contributed by atoms with Crippen LogP contribution in [0.1, 0.15) is 57.4 Å². The van der Waals surface area contributed by atoms with Crippen molar-refractivity contribution in [2.75, 3.05) is 33.0 Å². The van der Waals surface area contributed by atoms with E-state index in [1.54, 1.807) is 0 Å². The van der Waals surface area contributed by atoms with Crippen molar-refractivity contribution < 1.29 is 14.2 Å². The molecule has 1 aromatic heterocycles. The molecular weight excluding hydrogens is 535 g/mol. The van der Waals surface area contributed by atoms with Gasteiger partial charge in [0.05, 0.1) is 19.3 Å². The molecule has 0 saturated carbocycles. The van der Waals surface area contributed by atoms with Crippen LogP contribution in [0.3, 0.4) is 0 Å². The molecule has 1 atom stereocenters. The molecule has 0 amide bonds. The number of aryl methyl sites for hydroxylation is 1. The highest BCUT2D eigenvalue weighted by molar-refractivity contribution is 14.0. The molecule has 2 rings (SSSR count). The number of aliphatic imine (C=N–C) groups is 1. The van der Waals surface area contributed by atoms with E-state index in [2.05, 4.69) is 27.8 Å². The van der Waals surface area contributed by atoms with Crippen molar-refractivity contribution in [3.8, 4) is 11.5 Å². The number of aromatic nitrogens is 3. The van der Waals surface area contributed by atoms with Gasteiger partial charge in [-0.25, -0.2) is 4.99 Å². The van der Waals surface area contributed by atoms with E-state index in [-0.39, 0.29) is 30.0 Å². The number of hydrogen-bond donors (Lipinski definition) is 2. The normalized spacial score (nSPS) is 12.1. The molecule has 9 nitrogen and oxygen atoms in total. The lowest BCUT2D eigenvalue weighted by atomic mass is 10.1. The van der Waals surface area contributed by atoms with Gasteiger partial charge in [-0.1, -0.05) is 6.07 Å². The van der Waals surface area contributed by atoms with Crippen molar-refractivity contribution in [2.24, 2.45) is 12.0 Å². The molecule has 186 valence electrons. The van der Waals surface area contributed by atoms with Gasteiger partial charge in [0, 0.05) is 26.8 Å². The number of hydrogen-bond acceptors (Lipinski definition) is 6. The molecule has 0 aliphatic heterocycles. The molecule has 0 fully saturated rings. The first-order valence-electron chi connectivity index (χ1n) is 11.4. The van der Waals surface area contributed by atoms with Crippen molar-refractivity contribution in [1.29, 1.82) is 0 Å². The molecule has 33 heavy (non-hydrogen) atoms. The first-order chi connectivity index (χ1) is 15.5. The second-order valence-corrected chi connectivity index (χ2v) is 7.30. The van der Waals surface area contributed by atoms with Crippen molar-refractivity contribution in [3.05, 3.63) is 35.4 Å². The first kappa shape index (κ1) is 29.0. The summed E-state index contributed by atoms with van der Waals surface area (Å²) < 4.78 is 18.8. The largest absolute Gasteiger partial charge is 0.490 e. The van der Waals surface area contributed by atoms with Crippen LogP contribution in [0.5, 0.6) is 11.5 Å². The predicted molar refractivity (Wildman–Crippen MR) is 142 cm³/mol. The second-order valence-electron chi connectivity index (χ2n) is 7.30. The van der Waals surface area contributed by atoms with Crippen molar-refractivity contribution in [1.82, 2.24) is 25.4 Å². The van der Waals surface area contributed by atoms with E-state index in [0.717, 1.165) is 48.3 Å². The van der Waals surface area contributed by atoms with Crippen molar-refractivity contribution >= 4 is 29.9 Å². The second kappa shape index (κ2) is 15.7. The molecule has 2 aromatic rings. The summed E-state index contributed by atoms with van der Waals surface area (Å²) in [5.41, 5.74) is 1.08. The van der Waals surface area contributed by atoms with Gasteiger partial charge in [0.15, 0.2) is 23.3 Å². The van der Waals surface area contributed by atoms with Crippen LogP contribution < -0.4 is 20.1 Å². The van der Waals surface area contributed by atoms with Crippen molar-refractivity contribution in [3.63, 3.8) is 0 Å². The van der Waals surface area contributed by atoms with Crippen LogP contribution in [0.25, 0.3) is 0 Å². The summed E-state index contributed by atoms with van der Waals surface area (Å²) in [6.07, 6.45) is 0.892. The van der Waals surface area contributed by atoms with Crippen LogP contribution >= 0.6 is 24.0 Å². The fourth-order valence-corrected chi connectivity index (χ4v) is 3.04. The van der Waals surface area contributed by atoms with Crippen LogP contribution in [0.4, 0.5) is 0 Å². The van der Waals surface area contributed by atoms with E-state index in [1.165, 1.54) is 0 Å². The highest BCUT2D eigenvalue weighted by Gasteiger charge is 2.13. The third-order valence-electron chi connectivity index (χ3n) is 4.94. The summed E-state index contributed by atoms with van der Waals surface area (Å²) in [6, 6.07) is 6.02. The highest BCUT2D eigenvalue weighted by Crippen LogP contribution is 2.30. The highest BCUT2D eigenvalue weighted by atomic mass is 127. The monoisotopic (exact) mass is 574 g/mol. The summed E-state index contributed by atoms with van der Waals surface area (Å²) in [4.78, 5) is 4.73. The number of nitrogens with zero attached hydrogens (tertiary/aromatic N) is 4. The number of guanidine groups is 1. The van der Waals surface area contributed by atoms with Gasteiger partial charge in [-0.15, -0.1) is 34.2 Å². The Bertz CT molecular complexity index is 859. The zero-order chi connectivity index (χ0) is 23.3. The van der Waals surface area contributed by atoms with Gasteiger partial charge < -0.3 is 29.4 Å². The molecule has 10 heteroatoms. The molecule has 0 bridgehead atoms. The maximum Gasteiger partial charge on any atom is 0.192 e. The summed E-state index contributed by atoms with van der Waals surface area (Å²) in [5.74, 6) is 3.89. The van der Waals surface area contributed by atoms with Crippen LogP contribution in [-0.2, 0) is 18.3 Å². The lowest BCUT2D eigenvalue weighted by molar-refractivity contribution is 0.145. The maximum absolute atomic E-state index is 5.78. The molecule has 0 aliphatic carbocycles. The Hall–Kier alpha value is -2.08. The van der Waals surface area contributed by atoms with Crippen LogP contribution in [-0.4, -0.2) is 53.7 Å². The Morgan fingerprint density at radius 1 is 1.09 bits per heavy atom. The molecule has 0 spiro atoms. The van der Waals surface area contributed by atoms with Gasteiger partial charge in [-0.2, -0.15) is 0 Å². The SMILES string of the molecule is CCOCCCNC(=NCc1nnc(C)n1C)NC(C)c1ccc(OCC)c(OCC)c1.I. The van der Waals surface area contributed by atoms with E-state index in [9.17, 15) is 0 Å². The maximum atomic E-state index is 5.78. The molecular formula is C23H39IN6O3. The summed E-state index contributed by atoms with van der Waals surface area (Å²) in [7, 11) is 1.95. The Morgan fingerprint density at radius 2 is 1.82 bits per heavy atom. The minimum Gasteiger partial charge on any atom is -0.490 e. The molecule has 1 aromatic carbocycles. The van der Waals surface area contributed by atoms with E-state index < -0.39 is 0 Å². The van der Waals surface area contributed by atoms with E-state index >= 15 is 0 Å². The standard InChI is InChI=1S/C23H38N6O3.HI/c1-7-30-14-10-13-24-23(25-16-22-28-27-18(5)29(22)6)26-17(4)19-11-12-20(31-8-2)21(15-19)32-9-3;/h11-12,15,17H,7-10,13-14,16H2,1-6H3,(H2,24,25,26);1H. The fraction of sp³-hybridized carbons (Fsp3) is 0.609. The van der Waals surface area contributed by atoms with Crippen LogP contribution in [0, 0.1) is 6.92 Å². The average molecular weight is 575 g/mol. The Morgan fingerprint density at radius 3 is 2.45 bits per heavy atom. The zero-order valence-electron chi connectivity index (χ0n) is 20.7. The van der Waals surface area contributed by atoms with Crippen LogP contribution in [0.15, 0.2) is 23.2 Å². The molecule has 0 saturated heterocycles. The topological polar surface area (TPSA) is 94.8 Å². The Kier molecular flexibility index (Phi) is 13.8. The summed E-state index contributed by atoms with van der Waals surface area (Å²) in [5, 5.41) is 15.2. The number of benzene rings is 1. The molecule has 2 N–H and O–H groups in total. The number of ether oxygens (including phenoxy) is 3. The van der Waals surface area contributed by atoms with Crippen molar-refractivity contribution in [2.45, 2.75) is 53.6 Å². The third-order valence-corrected chi connectivity index (χ3v) is 4.94. The lowest BCUT2D eigenvalue weighted by Gasteiger charge is -2.20. The summed E-state index contributed by atoms with van der Waals surface area (Å²) in [6.45, 7) is 13.7. The Labute approximate surface area is 214 Å². The van der Waals surface area contributed by atoms with Crippen LogP contribution in [0.2, 0.25) is 0 Å². The van der Waals surface area contributed by atoms with Gasteiger partial charge in [-0.3, -0.25) is 0 Å². The molecule has 1 unspecified atom stereocenters. The molecule has 0 aliphatic rings. The molecule has 0 radical (unpaired) electrons. The number of nitrogens with one attached hydrogen (secondary N) is 2. The predicted octanol–water partition coefficient (Wildman–Crippen LogP) is 3.76. The smallest absolute Gasteiger partial charge is 0.192 e. The van der Waals surface area contributed by atoms with Gasteiger partial charge in [0.1, 0.15) is 12.4 Å². The third kappa shape index (κ3) is 9.36. The van der Waals surface area contributed by atoms with Gasteiger partial charge in [-0.05, 0) is 58.7 Å². The van der Waals surface area contributed by atoms with Gasteiger partial charge in [0.2, 0.25) is 0 Å². The number of rotatable bonds is 13. The fourth-order valence-electron chi connectivity index (χ4n) is 3.04. The minimum atomic E-state index is 0. The summed E-state index contributed by atoms with van der Waals surface area (Å²) >= 11 is 0. The average Bonchev–Trinajstić information content (AvgIpc) is 3.10. The minimum absolute atomic E-state index is 0. The molecule has 1 heterocycles. The van der Waals surface area contributed by atoms with E-state index in [1.807, 2.05) is 57.5 Å². The quantitative estimate of drug-likeness (QED) is 0.163. The van der Waals surface area contributed by atoms with Gasteiger partial charge >= 0.3 is 0 Å². The first-order valence-corrected chi connectivity index (χ1v) is 11.4. The van der Waals surface area contributed by atoms with E-state index in [4.69, 9.17) is 19.2 Å². The van der Waals surface area contributed by atoms with E-state index in [0.29, 0.717) is 32.3 Å². The zero-order valence-corrected chi connectivity index (χ0v) is 23.0.